The van der Waals surface area contributed by atoms with Crippen LogP contribution < -0.4 is 0 Å². The fourth-order valence-corrected chi connectivity index (χ4v) is 9.89. The molecule has 0 heteroatoms. The van der Waals surface area contributed by atoms with Crippen LogP contribution in [-0.4, -0.2) is 0 Å². The van der Waals surface area contributed by atoms with Gasteiger partial charge in [-0.05, 0) is 122 Å². The fourth-order valence-electron chi connectivity index (χ4n) is 9.89. The molecule has 6 rings (SSSR count). The Balaban J connectivity index is 1.57. The highest BCUT2D eigenvalue weighted by Gasteiger charge is 2.67. The molecule has 0 N–H and O–H groups in total. The molecule has 6 unspecified atom stereocenters. The van der Waals surface area contributed by atoms with E-state index < -0.39 is 0 Å². The van der Waals surface area contributed by atoms with Gasteiger partial charge in [0.25, 0.3) is 0 Å². The van der Waals surface area contributed by atoms with E-state index in [-0.39, 0.29) is 0 Å². The molecule has 0 saturated heterocycles. The van der Waals surface area contributed by atoms with Crippen molar-refractivity contribution in [2.45, 2.75) is 105 Å². The molecule has 1 spiro atoms. The highest BCUT2D eigenvalue weighted by molar-refractivity contribution is 5.21. The molecular weight excluding hydrogens is 336 g/mol. The Labute approximate surface area is 174 Å². The van der Waals surface area contributed by atoms with Gasteiger partial charge in [-0.15, -0.1) is 0 Å². The minimum Gasteiger partial charge on any atom is -0.0999 e. The van der Waals surface area contributed by atoms with Crippen LogP contribution in [0.25, 0.3) is 0 Å². The van der Waals surface area contributed by atoms with Crippen LogP contribution in [-0.2, 0) is 0 Å². The second-order valence-electron chi connectivity index (χ2n) is 13.0. The summed E-state index contributed by atoms with van der Waals surface area (Å²) >= 11 is 0. The van der Waals surface area contributed by atoms with Crippen molar-refractivity contribution in [1.29, 1.82) is 0 Å². The third-order valence-electron chi connectivity index (χ3n) is 12.0. The fraction of sp³-hybridized carbons (Fsp3) is 0.857. The van der Waals surface area contributed by atoms with Gasteiger partial charge in [0.1, 0.15) is 0 Å². The summed E-state index contributed by atoms with van der Waals surface area (Å²) in [5.74, 6) is 3.84. The standard InChI is InChI=1S/C28H44/c1-19-7-8-21-18-25(3,4)26(5,13-9-19)22-11-14-27(6)23(24(21)22)12-16-28(27)15-10-20(2)17-28/h21-24H,1-2,7-18H2,3-6H3/t21?,22?,23?,24?,26?,27?,28-/m1/s1. The SMILES string of the molecule is C=C1CCC2CC(C)(C)C(C)(CC1)C1CCC3(C)C(CC[C@@]34CCC(=C)C4)C21. The van der Waals surface area contributed by atoms with Crippen LogP contribution in [0.15, 0.2) is 24.3 Å². The number of hydrogen-bond acceptors (Lipinski definition) is 0. The molecule has 6 aliphatic rings. The van der Waals surface area contributed by atoms with Crippen molar-refractivity contribution in [2.75, 3.05) is 0 Å². The van der Waals surface area contributed by atoms with Gasteiger partial charge in [0.2, 0.25) is 0 Å². The average molecular weight is 381 g/mol. The minimum absolute atomic E-state index is 0.481. The highest BCUT2D eigenvalue weighted by Crippen LogP contribution is 2.75. The maximum absolute atomic E-state index is 4.49. The molecular formula is C28H44. The van der Waals surface area contributed by atoms with Crippen molar-refractivity contribution >= 4 is 0 Å². The van der Waals surface area contributed by atoms with Crippen molar-refractivity contribution in [1.82, 2.24) is 0 Å². The Kier molecular flexibility index (Phi) is 4.17. The van der Waals surface area contributed by atoms with E-state index in [1.54, 1.807) is 11.1 Å². The van der Waals surface area contributed by atoms with Crippen molar-refractivity contribution < 1.29 is 0 Å². The van der Waals surface area contributed by atoms with Gasteiger partial charge >= 0.3 is 0 Å². The molecule has 6 aliphatic carbocycles. The summed E-state index contributed by atoms with van der Waals surface area (Å²) in [5, 5.41) is 0. The van der Waals surface area contributed by atoms with Gasteiger partial charge < -0.3 is 0 Å². The second-order valence-corrected chi connectivity index (χ2v) is 13.0. The molecule has 0 aromatic rings. The molecule has 0 radical (unpaired) electrons. The van der Waals surface area contributed by atoms with Gasteiger partial charge in [-0.3, -0.25) is 0 Å². The Morgan fingerprint density at radius 1 is 0.714 bits per heavy atom. The van der Waals surface area contributed by atoms with E-state index in [4.69, 9.17) is 0 Å². The van der Waals surface area contributed by atoms with E-state index in [0.717, 1.165) is 23.7 Å². The minimum atomic E-state index is 0.481. The van der Waals surface area contributed by atoms with Crippen LogP contribution in [0.1, 0.15) is 105 Å². The van der Waals surface area contributed by atoms with Crippen molar-refractivity contribution in [3.8, 4) is 0 Å². The first-order valence-corrected chi connectivity index (χ1v) is 12.5. The molecule has 0 aromatic heterocycles. The normalized spacial score (nSPS) is 52.9. The van der Waals surface area contributed by atoms with Crippen LogP contribution in [0, 0.1) is 45.3 Å². The summed E-state index contributed by atoms with van der Waals surface area (Å²) in [6, 6.07) is 0. The van der Waals surface area contributed by atoms with E-state index >= 15 is 0 Å². The highest BCUT2D eigenvalue weighted by atomic mass is 14.7. The maximum Gasteiger partial charge on any atom is -0.0201 e. The largest absolute Gasteiger partial charge is 0.0999 e. The van der Waals surface area contributed by atoms with Crippen molar-refractivity contribution in [3.05, 3.63) is 24.3 Å². The maximum atomic E-state index is 4.49. The van der Waals surface area contributed by atoms with Crippen LogP contribution in [0.2, 0.25) is 0 Å². The Hall–Kier alpha value is -0.520. The lowest BCUT2D eigenvalue weighted by molar-refractivity contribution is -0.166. The number of rotatable bonds is 0. The average Bonchev–Trinajstić information content (AvgIpc) is 3.17. The predicted molar refractivity (Wildman–Crippen MR) is 120 cm³/mol. The van der Waals surface area contributed by atoms with Crippen LogP contribution in [0.5, 0.6) is 0 Å². The quantitative estimate of drug-likeness (QED) is 0.370. The molecule has 0 nitrogen and oxygen atoms in total. The number of fused-ring (bicyclic) bond motifs is 7. The lowest BCUT2D eigenvalue weighted by atomic mass is 9.39. The molecule has 6 saturated carbocycles. The first kappa shape index (κ1) is 19.4. The molecule has 156 valence electrons. The zero-order valence-corrected chi connectivity index (χ0v) is 19.2. The molecule has 0 aliphatic heterocycles. The van der Waals surface area contributed by atoms with Crippen molar-refractivity contribution in [2.24, 2.45) is 45.3 Å². The van der Waals surface area contributed by atoms with Crippen LogP contribution in [0.3, 0.4) is 0 Å². The molecule has 28 heavy (non-hydrogen) atoms. The van der Waals surface area contributed by atoms with E-state index in [1.165, 1.54) is 77.0 Å². The molecule has 2 bridgehead atoms. The van der Waals surface area contributed by atoms with Gasteiger partial charge in [0.05, 0.1) is 0 Å². The Bertz CT molecular complexity index is 697. The topological polar surface area (TPSA) is 0 Å². The van der Waals surface area contributed by atoms with Crippen LogP contribution in [0.4, 0.5) is 0 Å². The predicted octanol–water partition coefficient (Wildman–Crippen LogP) is 8.34. The Morgan fingerprint density at radius 3 is 2.11 bits per heavy atom. The van der Waals surface area contributed by atoms with E-state index in [1.807, 2.05) is 0 Å². The first-order chi connectivity index (χ1) is 13.1. The molecule has 0 amide bonds. The van der Waals surface area contributed by atoms with E-state index in [9.17, 15) is 0 Å². The van der Waals surface area contributed by atoms with Gasteiger partial charge in [0.15, 0.2) is 0 Å². The molecule has 0 heterocycles. The smallest absolute Gasteiger partial charge is 0.0201 e. The lowest BCUT2D eigenvalue weighted by Crippen LogP contribution is -2.58. The van der Waals surface area contributed by atoms with E-state index in [2.05, 4.69) is 40.9 Å². The van der Waals surface area contributed by atoms with Crippen molar-refractivity contribution in [3.63, 3.8) is 0 Å². The summed E-state index contributed by atoms with van der Waals surface area (Å²) in [7, 11) is 0. The molecule has 7 atom stereocenters. The summed E-state index contributed by atoms with van der Waals surface area (Å²) < 4.78 is 0. The van der Waals surface area contributed by atoms with Gasteiger partial charge in [-0.2, -0.15) is 0 Å². The second kappa shape index (κ2) is 6.01. The monoisotopic (exact) mass is 380 g/mol. The molecule has 0 aromatic carbocycles. The zero-order valence-electron chi connectivity index (χ0n) is 19.2. The van der Waals surface area contributed by atoms with Gasteiger partial charge in [-0.25, -0.2) is 0 Å². The summed E-state index contributed by atoms with van der Waals surface area (Å²) in [4.78, 5) is 0. The first-order valence-electron chi connectivity index (χ1n) is 12.5. The lowest BCUT2D eigenvalue weighted by Gasteiger charge is -2.65. The molecule has 6 fully saturated rings. The van der Waals surface area contributed by atoms with E-state index in [0.29, 0.717) is 21.7 Å². The van der Waals surface area contributed by atoms with Crippen LogP contribution >= 0.6 is 0 Å². The summed E-state index contributed by atoms with van der Waals surface area (Å²) in [5.41, 5.74) is 5.28. The summed E-state index contributed by atoms with van der Waals surface area (Å²) in [6.45, 7) is 19.6. The third-order valence-corrected chi connectivity index (χ3v) is 12.0. The Morgan fingerprint density at radius 2 is 1.39 bits per heavy atom. The third kappa shape index (κ3) is 2.36. The van der Waals surface area contributed by atoms with Gasteiger partial charge in [0, 0.05) is 0 Å². The van der Waals surface area contributed by atoms with Gasteiger partial charge in [-0.1, -0.05) is 52.0 Å². The zero-order chi connectivity index (χ0) is 19.9. The number of hydrogen-bond donors (Lipinski definition) is 0. The summed E-state index contributed by atoms with van der Waals surface area (Å²) in [6.07, 6.45) is 16.9. The number of allylic oxidation sites excluding steroid dienone is 2.